The zero-order valence-corrected chi connectivity index (χ0v) is 12.2. The highest BCUT2D eigenvalue weighted by Gasteiger charge is 2.04. The van der Waals surface area contributed by atoms with Gasteiger partial charge in [-0.15, -0.1) is 0 Å². The van der Waals surface area contributed by atoms with Crippen LogP contribution < -0.4 is 5.32 Å². The molecular formula is C15H27N3. The molecule has 0 spiro atoms. The van der Waals surface area contributed by atoms with Gasteiger partial charge in [0.15, 0.2) is 0 Å². The highest BCUT2D eigenvalue weighted by atomic mass is 15.1. The molecule has 0 bridgehead atoms. The molecule has 1 atom stereocenters. The van der Waals surface area contributed by atoms with Crippen molar-refractivity contribution in [3.8, 4) is 0 Å². The van der Waals surface area contributed by atoms with Gasteiger partial charge in [-0.1, -0.05) is 13.8 Å². The van der Waals surface area contributed by atoms with Crippen molar-refractivity contribution in [2.45, 2.75) is 46.6 Å². The van der Waals surface area contributed by atoms with Gasteiger partial charge < -0.3 is 10.2 Å². The van der Waals surface area contributed by atoms with Gasteiger partial charge in [0.25, 0.3) is 0 Å². The van der Waals surface area contributed by atoms with Crippen molar-refractivity contribution in [1.29, 1.82) is 0 Å². The molecule has 3 nitrogen and oxygen atoms in total. The van der Waals surface area contributed by atoms with Gasteiger partial charge in [-0.25, -0.2) is 4.98 Å². The smallest absolute Gasteiger partial charge is 0.126 e. The second-order valence-electron chi connectivity index (χ2n) is 4.93. The molecule has 18 heavy (non-hydrogen) atoms. The molecule has 1 unspecified atom stereocenters. The van der Waals surface area contributed by atoms with Crippen LogP contribution in [0.4, 0.5) is 5.82 Å². The molecule has 3 heteroatoms. The monoisotopic (exact) mass is 249 g/mol. The number of nitrogens with one attached hydrogen (secondary N) is 1. The van der Waals surface area contributed by atoms with Crippen LogP contribution in [-0.4, -0.2) is 35.6 Å². The summed E-state index contributed by atoms with van der Waals surface area (Å²) in [7, 11) is 0. The van der Waals surface area contributed by atoms with Crippen molar-refractivity contribution in [2.75, 3.05) is 25.0 Å². The van der Waals surface area contributed by atoms with Crippen molar-refractivity contribution in [3.05, 3.63) is 23.9 Å². The lowest BCUT2D eigenvalue weighted by atomic mass is 10.1. The van der Waals surface area contributed by atoms with Gasteiger partial charge >= 0.3 is 0 Å². The highest BCUT2D eigenvalue weighted by Crippen LogP contribution is 2.09. The van der Waals surface area contributed by atoms with Crippen molar-refractivity contribution < 1.29 is 0 Å². The van der Waals surface area contributed by atoms with E-state index >= 15 is 0 Å². The topological polar surface area (TPSA) is 28.2 Å². The summed E-state index contributed by atoms with van der Waals surface area (Å²) in [5, 5.41) is 3.46. The third kappa shape index (κ3) is 5.50. The number of pyridine rings is 1. The maximum Gasteiger partial charge on any atom is 0.126 e. The van der Waals surface area contributed by atoms with Crippen molar-refractivity contribution in [1.82, 2.24) is 9.88 Å². The lowest BCUT2D eigenvalue weighted by molar-refractivity contribution is 0.295. The summed E-state index contributed by atoms with van der Waals surface area (Å²) in [6.07, 6.45) is 4.29. The van der Waals surface area contributed by atoms with Gasteiger partial charge in [-0.3, -0.25) is 0 Å². The predicted octanol–water partition coefficient (Wildman–Crippen LogP) is 3.31. The third-order valence-electron chi connectivity index (χ3n) is 3.32. The first-order valence-corrected chi connectivity index (χ1v) is 7.07. The molecule has 0 saturated carbocycles. The first-order valence-electron chi connectivity index (χ1n) is 7.07. The minimum Gasteiger partial charge on any atom is -0.368 e. The van der Waals surface area contributed by atoms with E-state index in [1.165, 1.54) is 24.9 Å². The number of hydrogen-bond acceptors (Lipinski definition) is 3. The summed E-state index contributed by atoms with van der Waals surface area (Å²) >= 11 is 0. The van der Waals surface area contributed by atoms with Crippen molar-refractivity contribution in [3.63, 3.8) is 0 Å². The predicted molar refractivity (Wildman–Crippen MR) is 79.1 cm³/mol. The minimum atomic E-state index is 0.481. The third-order valence-corrected chi connectivity index (χ3v) is 3.32. The zero-order chi connectivity index (χ0) is 13.4. The van der Waals surface area contributed by atoms with E-state index < -0.39 is 0 Å². The van der Waals surface area contributed by atoms with Crippen LogP contribution in [0, 0.1) is 6.92 Å². The van der Waals surface area contributed by atoms with Gasteiger partial charge in [-0.05, 0) is 64.0 Å². The summed E-state index contributed by atoms with van der Waals surface area (Å²) in [6, 6.07) is 4.60. The van der Waals surface area contributed by atoms with Crippen molar-refractivity contribution >= 4 is 5.82 Å². The first kappa shape index (κ1) is 15.0. The molecule has 0 aromatic carbocycles. The van der Waals surface area contributed by atoms with Crippen LogP contribution in [0.1, 0.15) is 39.2 Å². The molecular weight excluding hydrogens is 222 g/mol. The molecule has 0 aliphatic heterocycles. The van der Waals surface area contributed by atoms with Crippen LogP contribution >= 0.6 is 0 Å². The Balaban J connectivity index is 2.27. The fourth-order valence-electron chi connectivity index (χ4n) is 2.10. The summed E-state index contributed by atoms with van der Waals surface area (Å²) in [5.41, 5.74) is 1.25. The maximum atomic E-state index is 4.33. The Morgan fingerprint density at radius 2 is 2.06 bits per heavy atom. The summed E-state index contributed by atoms with van der Waals surface area (Å²) < 4.78 is 0. The van der Waals surface area contributed by atoms with E-state index in [0.717, 1.165) is 18.9 Å². The minimum absolute atomic E-state index is 0.481. The first-order chi connectivity index (χ1) is 8.65. The average Bonchev–Trinajstić information content (AvgIpc) is 2.34. The highest BCUT2D eigenvalue weighted by molar-refractivity contribution is 5.37. The largest absolute Gasteiger partial charge is 0.368 e. The van der Waals surface area contributed by atoms with E-state index in [1.807, 2.05) is 12.3 Å². The SMILES string of the molecule is CCN(CC)CCCC(C)Nc1cc(C)ccn1. The summed E-state index contributed by atoms with van der Waals surface area (Å²) in [4.78, 5) is 6.80. The number of aryl methyl sites for hydroxylation is 1. The van der Waals surface area contributed by atoms with Crippen LogP contribution in [-0.2, 0) is 0 Å². The lowest BCUT2D eigenvalue weighted by Gasteiger charge is -2.20. The fourth-order valence-corrected chi connectivity index (χ4v) is 2.10. The average molecular weight is 249 g/mol. The number of anilines is 1. The molecule has 0 aliphatic rings. The van der Waals surface area contributed by atoms with Gasteiger partial charge in [0, 0.05) is 12.2 Å². The molecule has 0 fully saturated rings. The molecule has 0 aliphatic carbocycles. The Labute approximate surface area is 112 Å². The quantitative estimate of drug-likeness (QED) is 0.766. The van der Waals surface area contributed by atoms with E-state index in [2.05, 4.69) is 49.0 Å². The number of aromatic nitrogens is 1. The normalized spacial score (nSPS) is 12.7. The summed E-state index contributed by atoms with van der Waals surface area (Å²) in [6.45, 7) is 12.3. The van der Waals surface area contributed by atoms with E-state index in [9.17, 15) is 0 Å². The molecule has 0 saturated heterocycles. The molecule has 1 aromatic heterocycles. The Kier molecular flexibility index (Phi) is 6.73. The van der Waals surface area contributed by atoms with Gasteiger partial charge in [0.05, 0.1) is 0 Å². The van der Waals surface area contributed by atoms with Gasteiger partial charge in [-0.2, -0.15) is 0 Å². The van der Waals surface area contributed by atoms with Crippen LogP contribution in [0.2, 0.25) is 0 Å². The van der Waals surface area contributed by atoms with E-state index in [0.29, 0.717) is 6.04 Å². The van der Waals surface area contributed by atoms with Gasteiger partial charge in [0.2, 0.25) is 0 Å². The Bertz CT molecular complexity index is 334. The molecule has 102 valence electrons. The second-order valence-corrected chi connectivity index (χ2v) is 4.93. The van der Waals surface area contributed by atoms with Crippen LogP contribution in [0.5, 0.6) is 0 Å². The fraction of sp³-hybridized carbons (Fsp3) is 0.667. The number of nitrogens with zero attached hydrogens (tertiary/aromatic N) is 2. The maximum absolute atomic E-state index is 4.33. The van der Waals surface area contributed by atoms with E-state index in [4.69, 9.17) is 0 Å². The number of hydrogen-bond donors (Lipinski definition) is 1. The Hall–Kier alpha value is -1.09. The number of rotatable bonds is 8. The van der Waals surface area contributed by atoms with E-state index in [1.54, 1.807) is 0 Å². The zero-order valence-electron chi connectivity index (χ0n) is 12.2. The summed E-state index contributed by atoms with van der Waals surface area (Å²) in [5.74, 6) is 0.991. The molecule has 1 N–H and O–H groups in total. The molecule has 1 rings (SSSR count). The van der Waals surface area contributed by atoms with Gasteiger partial charge in [0.1, 0.15) is 5.82 Å². The lowest BCUT2D eigenvalue weighted by Crippen LogP contribution is -2.25. The molecule has 1 heterocycles. The molecule has 0 amide bonds. The molecule has 1 aromatic rings. The van der Waals surface area contributed by atoms with Crippen molar-refractivity contribution in [2.24, 2.45) is 0 Å². The second kappa shape index (κ2) is 8.09. The van der Waals surface area contributed by atoms with Crippen LogP contribution in [0.3, 0.4) is 0 Å². The standard InChI is InChI=1S/C15H27N3/c1-5-18(6-2)11-7-8-14(4)17-15-12-13(3)9-10-16-15/h9-10,12,14H,5-8,11H2,1-4H3,(H,16,17). The van der Waals surface area contributed by atoms with Crippen LogP contribution in [0.15, 0.2) is 18.3 Å². The van der Waals surface area contributed by atoms with Crippen LogP contribution in [0.25, 0.3) is 0 Å². The Morgan fingerprint density at radius 3 is 2.67 bits per heavy atom. The Morgan fingerprint density at radius 1 is 1.33 bits per heavy atom. The molecule has 0 radical (unpaired) electrons. The van der Waals surface area contributed by atoms with E-state index in [-0.39, 0.29) is 0 Å².